The molecule has 0 saturated carbocycles. The minimum Gasteiger partial charge on any atom is -0.291 e. The van der Waals surface area contributed by atoms with E-state index in [1.807, 2.05) is 30.9 Å². The van der Waals surface area contributed by atoms with Crippen LogP contribution in [0.3, 0.4) is 0 Å². The highest BCUT2D eigenvalue weighted by atomic mass is 15.0. The lowest BCUT2D eigenvalue weighted by molar-refractivity contribution is 1.16. The molecule has 4 nitrogen and oxygen atoms in total. The largest absolute Gasteiger partial charge is 0.291 e. The van der Waals surface area contributed by atoms with Crippen LogP contribution in [-0.4, -0.2) is 19.4 Å². The number of hydrogen-bond donors (Lipinski definition) is 0. The van der Waals surface area contributed by atoms with Gasteiger partial charge in [0.25, 0.3) is 0 Å². The molecule has 0 atom stereocenters. The van der Waals surface area contributed by atoms with Crippen molar-refractivity contribution in [2.75, 3.05) is 0 Å². The number of imidazole rings is 1. The Kier molecular flexibility index (Phi) is 3.11. The van der Waals surface area contributed by atoms with Gasteiger partial charge in [0.15, 0.2) is 0 Å². The molecule has 4 aromatic heterocycles. The second kappa shape index (κ2) is 6.10. The Labute approximate surface area is 200 Å². The molecule has 7 aromatic rings. The van der Waals surface area contributed by atoms with E-state index in [0.717, 1.165) is 45.8 Å². The quantitative estimate of drug-likeness (QED) is 0.243. The first-order valence-electron chi connectivity index (χ1n) is 12.0. The van der Waals surface area contributed by atoms with Crippen LogP contribution in [0.15, 0.2) is 85.5 Å². The van der Waals surface area contributed by atoms with Crippen molar-refractivity contribution in [3.05, 3.63) is 108 Å². The molecule has 0 N–H and O–H groups in total. The maximum Gasteiger partial charge on any atom is 0.146 e. The van der Waals surface area contributed by atoms with Crippen molar-refractivity contribution in [1.82, 2.24) is 19.4 Å². The van der Waals surface area contributed by atoms with Gasteiger partial charge in [-0.05, 0) is 87.0 Å². The number of fused-ring (bicyclic) bond motifs is 15. The Balaban J connectivity index is 1.38. The first kappa shape index (κ1) is 17.8. The first-order valence-corrected chi connectivity index (χ1v) is 12.0. The molecule has 0 saturated heterocycles. The summed E-state index contributed by atoms with van der Waals surface area (Å²) in [6, 6.07) is 22.4. The molecule has 0 bridgehead atoms. The van der Waals surface area contributed by atoms with Gasteiger partial charge >= 0.3 is 0 Å². The average Bonchev–Trinajstić information content (AvgIpc) is 3.59. The maximum atomic E-state index is 5.04. The molecule has 3 aromatic carbocycles. The number of pyridine rings is 3. The summed E-state index contributed by atoms with van der Waals surface area (Å²) in [6.07, 6.45) is 9.55. The third-order valence-corrected chi connectivity index (χ3v) is 8.03. The Morgan fingerprint density at radius 1 is 0.600 bits per heavy atom. The predicted molar refractivity (Wildman–Crippen MR) is 140 cm³/mol. The van der Waals surface area contributed by atoms with Gasteiger partial charge in [-0.3, -0.25) is 14.4 Å². The summed E-state index contributed by atoms with van der Waals surface area (Å²) in [5, 5.41) is 3.54. The second-order valence-corrected chi connectivity index (χ2v) is 9.71. The highest BCUT2D eigenvalue weighted by Gasteiger charge is 2.28. The monoisotopic (exact) mass is 446 g/mol. The van der Waals surface area contributed by atoms with Crippen molar-refractivity contribution in [1.29, 1.82) is 0 Å². The third kappa shape index (κ3) is 2.15. The fourth-order valence-corrected chi connectivity index (χ4v) is 6.52. The average molecular weight is 447 g/mol. The smallest absolute Gasteiger partial charge is 0.146 e. The van der Waals surface area contributed by atoms with E-state index in [-0.39, 0.29) is 0 Å². The van der Waals surface area contributed by atoms with Crippen molar-refractivity contribution in [3.8, 4) is 22.3 Å². The van der Waals surface area contributed by atoms with Crippen LogP contribution in [0.1, 0.15) is 22.3 Å². The number of rotatable bonds is 0. The Hall–Kier alpha value is -4.57. The summed E-state index contributed by atoms with van der Waals surface area (Å²) in [5.41, 5.74) is 15.4. The topological polar surface area (TPSA) is 43.1 Å². The molecule has 0 amide bonds. The minimum absolute atomic E-state index is 0.912. The van der Waals surface area contributed by atoms with Crippen molar-refractivity contribution < 1.29 is 0 Å². The fourth-order valence-electron chi connectivity index (χ4n) is 6.52. The molecule has 2 aliphatic carbocycles. The van der Waals surface area contributed by atoms with Crippen molar-refractivity contribution in [2.45, 2.75) is 12.8 Å². The molecule has 35 heavy (non-hydrogen) atoms. The Morgan fingerprint density at radius 3 is 2.29 bits per heavy atom. The number of benzene rings is 3. The zero-order valence-corrected chi connectivity index (χ0v) is 18.8. The number of aromatic nitrogens is 4. The van der Waals surface area contributed by atoms with E-state index < -0.39 is 0 Å². The maximum absolute atomic E-state index is 5.04. The lowest BCUT2D eigenvalue weighted by Gasteiger charge is -2.11. The number of nitrogens with zero attached hydrogens (tertiary/aromatic N) is 4. The van der Waals surface area contributed by atoms with Crippen LogP contribution >= 0.6 is 0 Å². The fraction of sp³-hybridized carbons (Fsp3) is 0.0645. The molecule has 0 fully saturated rings. The molecule has 2 aliphatic rings. The molecular weight excluding hydrogens is 428 g/mol. The van der Waals surface area contributed by atoms with Gasteiger partial charge in [-0.1, -0.05) is 36.4 Å². The van der Waals surface area contributed by atoms with Crippen LogP contribution in [0, 0.1) is 0 Å². The van der Waals surface area contributed by atoms with Gasteiger partial charge < -0.3 is 0 Å². The van der Waals surface area contributed by atoms with E-state index in [4.69, 9.17) is 4.98 Å². The third-order valence-electron chi connectivity index (χ3n) is 8.03. The summed E-state index contributed by atoms with van der Waals surface area (Å²) < 4.78 is 2.26. The molecule has 0 unspecified atom stereocenters. The first-order chi connectivity index (χ1) is 17.3. The highest BCUT2D eigenvalue weighted by molar-refractivity contribution is 6.15. The summed E-state index contributed by atoms with van der Waals surface area (Å²) in [7, 11) is 0. The van der Waals surface area contributed by atoms with Crippen molar-refractivity contribution in [3.63, 3.8) is 0 Å². The van der Waals surface area contributed by atoms with E-state index >= 15 is 0 Å². The molecule has 0 spiro atoms. The number of hydrogen-bond acceptors (Lipinski definition) is 3. The Morgan fingerprint density at radius 2 is 1.37 bits per heavy atom. The van der Waals surface area contributed by atoms with Crippen molar-refractivity contribution >= 4 is 38.4 Å². The summed E-state index contributed by atoms with van der Waals surface area (Å²) >= 11 is 0. The predicted octanol–water partition coefficient (Wildman–Crippen LogP) is 6.73. The van der Waals surface area contributed by atoms with Gasteiger partial charge in [0, 0.05) is 29.4 Å². The van der Waals surface area contributed by atoms with Gasteiger partial charge in [-0.15, -0.1) is 0 Å². The summed E-state index contributed by atoms with van der Waals surface area (Å²) in [4.78, 5) is 13.8. The zero-order chi connectivity index (χ0) is 22.7. The van der Waals surface area contributed by atoms with Crippen LogP contribution < -0.4 is 0 Å². The van der Waals surface area contributed by atoms with Crippen LogP contribution in [0.25, 0.3) is 60.6 Å². The lowest BCUT2D eigenvalue weighted by Crippen LogP contribution is -1.93. The van der Waals surface area contributed by atoms with Crippen LogP contribution in [0.4, 0.5) is 0 Å². The molecule has 0 radical (unpaired) electrons. The van der Waals surface area contributed by atoms with E-state index in [9.17, 15) is 0 Å². The second-order valence-electron chi connectivity index (χ2n) is 9.71. The normalized spacial score (nSPS) is 13.5. The SMILES string of the molecule is c1ccc2c(c1)Cc1c-2ccc2c1Cc1cc3c4cnccc4n4c5ccncc5nc4c3cc1-2. The zero-order valence-electron chi connectivity index (χ0n) is 18.8. The molecule has 4 heterocycles. The standard InChI is InChI=1S/C31H18N4/c1-2-4-19-17(3-1)11-23-20(19)5-6-21-22-14-26-25(13-18(22)12-24(21)23)27-15-32-9-7-29(27)35-30-8-10-33-16-28(30)34-31(26)35/h1-10,13-16H,11-12H2. The molecule has 162 valence electrons. The molecule has 9 rings (SSSR count). The van der Waals surface area contributed by atoms with E-state index in [1.54, 1.807) is 0 Å². The molecule has 0 aliphatic heterocycles. The van der Waals surface area contributed by atoms with Crippen LogP contribution in [0.2, 0.25) is 0 Å². The van der Waals surface area contributed by atoms with Crippen molar-refractivity contribution in [2.24, 2.45) is 0 Å². The van der Waals surface area contributed by atoms with Gasteiger partial charge in [0.1, 0.15) is 11.2 Å². The van der Waals surface area contributed by atoms with Crippen LogP contribution in [-0.2, 0) is 12.8 Å². The Bertz CT molecular complexity index is 2070. The summed E-state index contributed by atoms with van der Waals surface area (Å²) in [5.74, 6) is 0. The minimum atomic E-state index is 0.912. The van der Waals surface area contributed by atoms with E-state index in [2.05, 4.69) is 69.0 Å². The lowest BCUT2D eigenvalue weighted by atomic mass is 9.96. The van der Waals surface area contributed by atoms with E-state index in [0.29, 0.717) is 0 Å². The molecular formula is C31H18N4. The van der Waals surface area contributed by atoms with E-state index in [1.165, 1.54) is 49.9 Å². The highest BCUT2D eigenvalue weighted by Crippen LogP contribution is 2.48. The van der Waals surface area contributed by atoms with Crippen LogP contribution in [0.5, 0.6) is 0 Å². The van der Waals surface area contributed by atoms with Gasteiger partial charge in [0.2, 0.25) is 0 Å². The summed E-state index contributed by atoms with van der Waals surface area (Å²) in [6.45, 7) is 0. The van der Waals surface area contributed by atoms with Gasteiger partial charge in [-0.2, -0.15) is 0 Å². The van der Waals surface area contributed by atoms with Gasteiger partial charge in [0.05, 0.1) is 17.2 Å². The van der Waals surface area contributed by atoms with Gasteiger partial charge in [-0.25, -0.2) is 4.98 Å². The molecule has 4 heteroatoms.